The first kappa shape index (κ1) is 33.7. The van der Waals surface area contributed by atoms with Gasteiger partial charge in [-0.1, -0.05) is 68.1 Å². The van der Waals surface area contributed by atoms with E-state index in [-0.39, 0.29) is 13.3 Å². The third-order valence-electron chi connectivity index (χ3n) is 1.91. The van der Waals surface area contributed by atoms with Crippen LogP contribution in [-0.4, -0.2) is 17.8 Å². The number of hydrogen-bond acceptors (Lipinski definition) is 2. The van der Waals surface area contributed by atoms with Gasteiger partial charge >= 0.3 is 6.03 Å². The van der Waals surface area contributed by atoms with Crippen molar-refractivity contribution >= 4 is 27.9 Å². The van der Waals surface area contributed by atoms with E-state index in [1.54, 1.807) is 6.08 Å². The van der Waals surface area contributed by atoms with Crippen LogP contribution in [-0.2, 0) is 4.79 Å². The Balaban J connectivity index is -0.000000153. The molecule has 0 aromatic carbocycles. The van der Waals surface area contributed by atoms with Gasteiger partial charge in [-0.25, -0.2) is 10.2 Å². The fraction of sp³-hybridized carbons (Fsp3) is 0.444. The van der Waals surface area contributed by atoms with E-state index < -0.39 is 6.03 Å². The average Bonchev–Trinajstić information content (AvgIpc) is 2.59. The summed E-state index contributed by atoms with van der Waals surface area (Å²) in [4.78, 5) is 21.5. The highest BCUT2D eigenvalue weighted by atomic mass is 79.9. The van der Waals surface area contributed by atoms with E-state index >= 15 is 0 Å². The number of hydrazine groups is 1. The molecule has 4 N–H and O–H groups in total. The van der Waals surface area contributed by atoms with Crippen LogP contribution in [0.3, 0.4) is 0 Å². The number of carbonyl (C=O) groups excluding carboxylic acids is 2. The first-order valence-electron chi connectivity index (χ1n) is 7.26. The third-order valence-corrected chi connectivity index (χ3v) is 1.91. The SMILES string of the molecule is C.C=C.C=C/C=C(\C=C/C)CCCC(=O)NNC(N)=O.CBr.CC. The first-order valence-corrected chi connectivity index (χ1v) is 8.85. The van der Waals surface area contributed by atoms with Crippen LogP contribution in [0.5, 0.6) is 0 Å². The molecule has 3 amide bonds. The highest BCUT2D eigenvalue weighted by molar-refractivity contribution is 9.08. The molecule has 0 atom stereocenters. The molecule has 142 valence electrons. The van der Waals surface area contributed by atoms with Crippen molar-refractivity contribution in [3.8, 4) is 0 Å². The Morgan fingerprint density at radius 2 is 1.62 bits per heavy atom. The quantitative estimate of drug-likeness (QED) is 0.250. The van der Waals surface area contributed by atoms with Gasteiger partial charge in [-0.05, 0) is 31.2 Å². The second kappa shape index (κ2) is 32.9. The summed E-state index contributed by atoms with van der Waals surface area (Å²) in [6.07, 6.45) is 9.32. The highest BCUT2D eigenvalue weighted by Crippen LogP contribution is 2.09. The smallest absolute Gasteiger partial charge is 0.330 e. The Kier molecular flexibility index (Phi) is 46.3. The van der Waals surface area contributed by atoms with Crippen molar-refractivity contribution in [2.45, 2.75) is 47.5 Å². The van der Waals surface area contributed by atoms with E-state index in [1.807, 2.05) is 50.3 Å². The average molecular weight is 406 g/mol. The molecule has 0 bridgehead atoms. The molecule has 0 aliphatic rings. The summed E-state index contributed by atoms with van der Waals surface area (Å²) in [6.45, 7) is 15.6. The lowest BCUT2D eigenvalue weighted by molar-refractivity contribution is -0.121. The molecule has 5 nitrogen and oxygen atoms in total. The second-order valence-corrected chi connectivity index (χ2v) is 3.37. The van der Waals surface area contributed by atoms with Crippen molar-refractivity contribution < 1.29 is 9.59 Å². The Labute approximate surface area is 157 Å². The van der Waals surface area contributed by atoms with Crippen LogP contribution >= 0.6 is 15.9 Å². The predicted octanol–water partition coefficient (Wildman–Crippen LogP) is 5.02. The molecule has 0 saturated carbocycles. The lowest BCUT2D eigenvalue weighted by Crippen LogP contribution is -2.44. The Morgan fingerprint density at radius 3 is 2.00 bits per heavy atom. The number of primary amides is 1. The molecule has 0 aromatic rings. The molecule has 0 rings (SSSR count). The molecule has 24 heavy (non-hydrogen) atoms. The molecule has 0 aromatic heterocycles. The van der Waals surface area contributed by atoms with E-state index in [9.17, 15) is 9.59 Å². The number of nitrogens with one attached hydrogen (secondary N) is 2. The van der Waals surface area contributed by atoms with E-state index in [0.717, 1.165) is 12.0 Å². The number of carbonyl (C=O) groups is 2. The molecular formula is C18H36BrN3O2. The van der Waals surface area contributed by atoms with Gasteiger partial charge in [0.1, 0.15) is 0 Å². The summed E-state index contributed by atoms with van der Waals surface area (Å²) < 4.78 is 0. The molecule has 0 heterocycles. The summed E-state index contributed by atoms with van der Waals surface area (Å²) in [7, 11) is 0. The minimum atomic E-state index is -0.778. The van der Waals surface area contributed by atoms with Crippen LogP contribution in [0.25, 0.3) is 0 Å². The summed E-state index contributed by atoms with van der Waals surface area (Å²) in [5.41, 5.74) is 10.1. The van der Waals surface area contributed by atoms with Crippen molar-refractivity contribution in [3.05, 3.63) is 49.6 Å². The van der Waals surface area contributed by atoms with Crippen molar-refractivity contribution in [2.24, 2.45) is 5.73 Å². The zero-order chi connectivity index (χ0) is 19.1. The highest BCUT2D eigenvalue weighted by Gasteiger charge is 2.01. The van der Waals surface area contributed by atoms with Gasteiger partial charge in [0.05, 0.1) is 0 Å². The largest absolute Gasteiger partial charge is 0.350 e. The van der Waals surface area contributed by atoms with Crippen LogP contribution < -0.4 is 16.6 Å². The van der Waals surface area contributed by atoms with Crippen LogP contribution in [0.4, 0.5) is 4.79 Å². The van der Waals surface area contributed by atoms with Gasteiger partial charge in [0.2, 0.25) is 5.91 Å². The van der Waals surface area contributed by atoms with Crippen LogP contribution in [0, 0.1) is 0 Å². The standard InChI is InChI=1S/C12H19N3O2.C2H6.C2H4.CH3Br.CH4/c1-3-6-10(7-4-2)8-5-9-11(16)14-15-12(13)17;3*1-2;/h3-4,6-7H,1,5,8-9H2,2H3,(H,14,16)(H3,13,15,17);1-2H3;1-2H2;1H3;1H4/b7-4-,10-6+;;;;. The van der Waals surface area contributed by atoms with Crippen molar-refractivity contribution in [3.63, 3.8) is 0 Å². The number of hydrogen-bond donors (Lipinski definition) is 3. The van der Waals surface area contributed by atoms with Gasteiger partial charge in [0, 0.05) is 6.42 Å². The van der Waals surface area contributed by atoms with Crippen LogP contribution in [0.15, 0.2) is 49.6 Å². The van der Waals surface area contributed by atoms with Gasteiger partial charge in [-0.15, -0.1) is 13.2 Å². The van der Waals surface area contributed by atoms with Crippen molar-refractivity contribution in [1.82, 2.24) is 10.9 Å². The number of alkyl halides is 1. The molecule has 0 radical (unpaired) electrons. The molecule has 0 saturated heterocycles. The molecule has 0 spiro atoms. The molecule has 0 unspecified atom stereocenters. The summed E-state index contributed by atoms with van der Waals surface area (Å²) in [6, 6.07) is -0.778. The zero-order valence-electron chi connectivity index (χ0n) is 14.8. The van der Waals surface area contributed by atoms with Gasteiger partial charge in [-0.3, -0.25) is 10.2 Å². The Bertz CT molecular complexity index is 354. The summed E-state index contributed by atoms with van der Waals surface area (Å²) >= 11 is 2.94. The molecule has 0 aliphatic carbocycles. The normalized spacial score (nSPS) is 8.62. The molecule has 0 fully saturated rings. The van der Waals surface area contributed by atoms with Crippen LogP contribution in [0.1, 0.15) is 47.5 Å². The maximum absolute atomic E-state index is 11.2. The first-order chi connectivity index (χ1) is 11.1. The van der Waals surface area contributed by atoms with E-state index in [0.29, 0.717) is 12.8 Å². The number of rotatable bonds is 6. The van der Waals surface area contributed by atoms with Crippen LogP contribution in [0.2, 0.25) is 0 Å². The monoisotopic (exact) mass is 405 g/mol. The molecule has 0 aliphatic heterocycles. The lowest BCUT2D eigenvalue weighted by atomic mass is 10.1. The Morgan fingerprint density at radius 1 is 1.12 bits per heavy atom. The van der Waals surface area contributed by atoms with E-state index in [1.165, 1.54) is 0 Å². The van der Waals surface area contributed by atoms with Gasteiger partial charge < -0.3 is 5.73 Å². The maximum Gasteiger partial charge on any atom is 0.330 e. The number of urea groups is 1. The number of amides is 3. The van der Waals surface area contributed by atoms with Gasteiger partial charge in [-0.2, -0.15) is 0 Å². The molecular weight excluding hydrogens is 370 g/mol. The van der Waals surface area contributed by atoms with E-state index in [4.69, 9.17) is 5.73 Å². The fourth-order valence-electron chi connectivity index (χ4n) is 1.23. The van der Waals surface area contributed by atoms with E-state index in [2.05, 4.69) is 41.1 Å². The maximum atomic E-state index is 11.2. The van der Waals surface area contributed by atoms with Gasteiger partial charge in [0.15, 0.2) is 0 Å². The number of nitrogens with two attached hydrogens (primary N) is 1. The zero-order valence-corrected chi connectivity index (χ0v) is 16.4. The second-order valence-electron chi connectivity index (χ2n) is 3.37. The topological polar surface area (TPSA) is 84.2 Å². The number of halogens is 1. The molecule has 6 heteroatoms. The van der Waals surface area contributed by atoms with Gasteiger partial charge in [0.25, 0.3) is 0 Å². The Hall–Kier alpha value is -1.82. The minimum Gasteiger partial charge on any atom is -0.350 e. The fourth-order valence-corrected chi connectivity index (χ4v) is 1.23. The lowest BCUT2D eigenvalue weighted by Gasteiger charge is -2.05. The summed E-state index contributed by atoms with van der Waals surface area (Å²) in [5, 5.41) is 0. The van der Waals surface area contributed by atoms with Crippen molar-refractivity contribution in [1.29, 1.82) is 0 Å². The predicted molar refractivity (Wildman–Crippen MR) is 112 cm³/mol. The van der Waals surface area contributed by atoms with Crippen molar-refractivity contribution in [2.75, 3.05) is 5.83 Å². The minimum absolute atomic E-state index is 0. The summed E-state index contributed by atoms with van der Waals surface area (Å²) in [5.74, 6) is 1.55. The third kappa shape index (κ3) is 32.2. The number of allylic oxidation sites excluding steroid dienone is 5.